The Bertz CT molecular complexity index is 1550. The number of nitrogens with zero attached hydrogens (tertiary/aromatic N) is 2. The number of amides is 1. The van der Waals surface area contributed by atoms with E-state index in [0.29, 0.717) is 58.9 Å². The number of carbonyl (C=O) groups is 2. The number of likely N-dealkylation sites (N-methyl/N-ethyl adjacent to an activating group) is 1. The van der Waals surface area contributed by atoms with Gasteiger partial charge >= 0.3 is 5.97 Å². The van der Waals surface area contributed by atoms with Crippen molar-refractivity contribution in [3.63, 3.8) is 0 Å². The number of hydrogen-bond donors (Lipinski definition) is 2. The Hall–Kier alpha value is -3.78. The number of methoxy groups -OCH3 is 1. The Morgan fingerprint density at radius 2 is 1.90 bits per heavy atom. The van der Waals surface area contributed by atoms with Crippen LogP contribution in [0.1, 0.15) is 78.5 Å². The lowest BCUT2D eigenvalue weighted by molar-refractivity contribution is -0.138. The molecule has 1 saturated carbocycles. The normalized spacial score (nSPS) is 26.8. The van der Waals surface area contributed by atoms with Gasteiger partial charge in [0.15, 0.2) is 5.69 Å². The van der Waals surface area contributed by atoms with Crippen molar-refractivity contribution in [1.82, 2.24) is 9.88 Å². The molecule has 1 aromatic heterocycles. The van der Waals surface area contributed by atoms with Crippen LogP contribution in [0.25, 0.3) is 11.3 Å². The maximum absolute atomic E-state index is 14.2. The molecule has 2 aliphatic heterocycles. The molecule has 41 heavy (non-hydrogen) atoms. The number of rotatable bonds is 4. The van der Waals surface area contributed by atoms with E-state index < -0.39 is 23.4 Å². The summed E-state index contributed by atoms with van der Waals surface area (Å²) < 4.78 is 12.5. The third-order valence-electron chi connectivity index (χ3n) is 9.68. The number of aliphatic hydroxyl groups is 1. The Balaban J connectivity index is 1.60. The lowest BCUT2D eigenvalue weighted by Gasteiger charge is -2.54. The first-order valence-corrected chi connectivity index (χ1v) is 14.2. The van der Waals surface area contributed by atoms with Gasteiger partial charge in [-0.2, -0.15) is 0 Å². The van der Waals surface area contributed by atoms with Crippen LogP contribution < -0.4 is 4.74 Å². The fourth-order valence-corrected chi connectivity index (χ4v) is 7.29. The molecule has 1 aromatic carbocycles. The number of hydrogen-bond acceptors (Lipinski definition) is 6. The summed E-state index contributed by atoms with van der Waals surface area (Å²) in [7, 11) is 3.47. The van der Waals surface area contributed by atoms with Crippen molar-refractivity contribution in [2.45, 2.75) is 76.9 Å². The predicted molar refractivity (Wildman–Crippen MR) is 153 cm³/mol. The van der Waals surface area contributed by atoms with Gasteiger partial charge in [0.1, 0.15) is 22.7 Å². The lowest BCUT2D eigenvalue weighted by atomic mass is 9.64. The van der Waals surface area contributed by atoms with Crippen LogP contribution in [-0.2, 0) is 9.53 Å². The summed E-state index contributed by atoms with van der Waals surface area (Å²) in [5, 5.41) is 21.3. The van der Waals surface area contributed by atoms with Crippen LogP contribution in [0.4, 0.5) is 0 Å². The van der Waals surface area contributed by atoms with Gasteiger partial charge in [0.2, 0.25) is 0 Å². The Kier molecular flexibility index (Phi) is 6.26. The standard InChI is InChI=1S/C33H36N2O6/c1-17-8-10-20(34-29(17)31(38)39)19-9-11-22(40-6)25(18(19)2)28-26-21(36)14-32(3,4)15-23(26)41-24-16-33(12-7-13-33)35(5)30(37)27(24)28/h8-11,21,28,36H,3,7,12-16H2,1-2,4-6H3/p+1/t21?,28-,32?/m0/s1. The van der Waals surface area contributed by atoms with E-state index >= 15 is 0 Å². The van der Waals surface area contributed by atoms with Gasteiger partial charge in [0.05, 0.1) is 37.8 Å². The van der Waals surface area contributed by atoms with Crippen molar-refractivity contribution in [2.24, 2.45) is 5.41 Å². The van der Waals surface area contributed by atoms with Crippen molar-refractivity contribution in [3.8, 4) is 17.0 Å². The van der Waals surface area contributed by atoms with Crippen molar-refractivity contribution >= 4 is 11.9 Å². The van der Waals surface area contributed by atoms with E-state index in [1.165, 1.54) is 0 Å². The molecule has 2 N–H and O–H groups in total. The molecule has 3 heterocycles. The average molecular weight is 558 g/mol. The number of aromatic carboxylic acids is 1. The fourth-order valence-electron chi connectivity index (χ4n) is 7.29. The predicted octanol–water partition coefficient (Wildman–Crippen LogP) is 5.47. The number of allylic oxidation sites excluding steroid dienone is 1. The van der Waals surface area contributed by atoms with E-state index in [9.17, 15) is 19.8 Å². The first-order valence-electron chi connectivity index (χ1n) is 14.2. The minimum atomic E-state index is -1.09. The van der Waals surface area contributed by atoms with Gasteiger partial charge in [0.25, 0.3) is 5.91 Å². The smallest absolute Gasteiger partial charge is 0.354 e. The highest BCUT2D eigenvalue weighted by Crippen LogP contribution is 2.57. The zero-order valence-corrected chi connectivity index (χ0v) is 24.3. The molecule has 1 spiro atoms. The second kappa shape index (κ2) is 9.38. The number of carboxylic acids is 1. The summed E-state index contributed by atoms with van der Waals surface area (Å²) in [6, 6.07) is 7.26. The maximum Gasteiger partial charge on any atom is 0.354 e. The largest absolute Gasteiger partial charge is 0.496 e. The van der Waals surface area contributed by atoms with E-state index in [-0.39, 0.29) is 17.1 Å². The summed E-state index contributed by atoms with van der Waals surface area (Å²) >= 11 is 0. The van der Waals surface area contributed by atoms with Gasteiger partial charge in [-0.15, -0.1) is 0 Å². The molecule has 2 aromatic rings. The van der Waals surface area contributed by atoms with Crippen LogP contribution in [0.3, 0.4) is 0 Å². The van der Waals surface area contributed by atoms with E-state index in [1.54, 1.807) is 20.1 Å². The first-order chi connectivity index (χ1) is 19.4. The van der Waals surface area contributed by atoms with Crippen molar-refractivity contribution in [1.29, 1.82) is 0 Å². The quantitative estimate of drug-likeness (QED) is 0.480. The van der Waals surface area contributed by atoms with Crippen LogP contribution in [-0.4, -0.2) is 57.8 Å². The first kappa shape index (κ1) is 27.4. The number of aryl methyl sites for hydroxylation is 1. The molecule has 3 atom stereocenters. The van der Waals surface area contributed by atoms with E-state index in [0.717, 1.165) is 36.0 Å². The molecule has 0 bridgehead atoms. The third kappa shape index (κ3) is 4.14. The molecule has 214 valence electrons. The Morgan fingerprint density at radius 1 is 1.17 bits per heavy atom. The number of aromatic nitrogens is 1. The van der Waals surface area contributed by atoms with Crippen molar-refractivity contribution < 1.29 is 29.3 Å². The van der Waals surface area contributed by atoms with Crippen LogP contribution >= 0.6 is 0 Å². The Labute approximate surface area is 240 Å². The van der Waals surface area contributed by atoms with Gasteiger partial charge in [-0.3, -0.25) is 4.79 Å². The summed E-state index contributed by atoms with van der Waals surface area (Å²) in [4.78, 5) is 32.5. The number of aliphatic hydroxyl groups excluding tert-OH is 1. The van der Waals surface area contributed by atoms with Crippen LogP contribution in [0.5, 0.6) is 5.75 Å². The summed E-state index contributed by atoms with van der Waals surface area (Å²) in [6.07, 6.45) is 3.70. The van der Waals surface area contributed by atoms with Crippen molar-refractivity contribution in [3.05, 3.63) is 76.2 Å². The molecule has 0 radical (unpaired) electrons. The number of pyridine rings is 1. The second-order valence-corrected chi connectivity index (χ2v) is 12.6. The SMILES string of the molecule is [CH2+]C1(C)CC2=C(C(O)C1)[C@H](c1c(OC)ccc(-c3ccc(C)c(C(=O)O)n3)c1C)C1=C(CC3(CCC3)N(C)C1=O)O2. The van der Waals surface area contributed by atoms with Gasteiger partial charge in [-0.25, -0.2) is 9.78 Å². The summed E-state index contributed by atoms with van der Waals surface area (Å²) in [5.41, 5.74) is 3.94. The number of carboxylic acid groups (broad SMARTS) is 1. The average Bonchev–Trinajstić information content (AvgIpc) is 2.88. The Morgan fingerprint density at radius 3 is 2.54 bits per heavy atom. The van der Waals surface area contributed by atoms with Crippen LogP contribution in [0.15, 0.2) is 46.9 Å². The monoisotopic (exact) mass is 557 g/mol. The van der Waals surface area contributed by atoms with Gasteiger partial charge in [-0.05, 0) is 69.4 Å². The highest BCUT2D eigenvalue weighted by atomic mass is 16.5. The molecule has 6 rings (SSSR count). The zero-order valence-electron chi connectivity index (χ0n) is 24.3. The van der Waals surface area contributed by atoms with E-state index in [1.807, 2.05) is 44.0 Å². The third-order valence-corrected chi connectivity index (χ3v) is 9.68. The summed E-state index contributed by atoms with van der Waals surface area (Å²) in [5.74, 6) is 0.168. The van der Waals surface area contributed by atoms with Gasteiger partial charge < -0.3 is 24.6 Å². The molecular formula is C33H37N2O6+. The van der Waals surface area contributed by atoms with Gasteiger partial charge in [0, 0.05) is 48.0 Å². The van der Waals surface area contributed by atoms with Crippen LogP contribution in [0, 0.1) is 26.2 Å². The summed E-state index contributed by atoms with van der Waals surface area (Å²) in [6.45, 7) is 10.0. The minimum absolute atomic E-state index is 0.00682. The maximum atomic E-state index is 14.2. The molecule has 8 heteroatoms. The highest BCUT2D eigenvalue weighted by Gasteiger charge is 2.55. The molecular weight excluding hydrogens is 520 g/mol. The molecule has 2 unspecified atom stereocenters. The van der Waals surface area contributed by atoms with E-state index in [4.69, 9.17) is 9.47 Å². The fraction of sp³-hybridized carbons (Fsp3) is 0.455. The van der Waals surface area contributed by atoms with Gasteiger partial charge in [-0.1, -0.05) is 6.07 Å². The molecule has 4 aliphatic rings. The molecule has 2 aliphatic carbocycles. The number of carbonyl (C=O) groups excluding carboxylic acids is 1. The minimum Gasteiger partial charge on any atom is -0.496 e. The second-order valence-electron chi connectivity index (χ2n) is 12.6. The lowest BCUT2D eigenvalue weighted by Crippen LogP contribution is -2.58. The van der Waals surface area contributed by atoms with Crippen molar-refractivity contribution in [2.75, 3.05) is 14.2 Å². The molecule has 1 amide bonds. The topological polar surface area (TPSA) is 109 Å². The molecule has 1 fully saturated rings. The highest BCUT2D eigenvalue weighted by molar-refractivity contribution is 5.99. The zero-order chi connectivity index (χ0) is 29.4. The van der Waals surface area contributed by atoms with E-state index in [2.05, 4.69) is 11.9 Å². The number of ether oxygens (including phenoxy) is 2. The van der Waals surface area contributed by atoms with Crippen LogP contribution in [0.2, 0.25) is 0 Å². The number of benzene rings is 1. The molecule has 0 saturated heterocycles. The molecule has 8 nitrogen and oxygen atoms in total.